The average molecular weight is 311 g/mol. The monoisotopic (exact) mass is 311 g/mol. The first-order chi connectivity index (χ1) is 10.1. The summed E-state index contributed by atoms with van der Waals surface area (Å²) in [5, 5.41) is 0.735. The molecule has 0 atom stereocenters. The fraction of sp³-hybridized carbons (Fsp3) is 0.643. The van der Waals surface area contributed by atoms with Gasteiger partial charge in [-0.15, -0.1) is 0 Å². The fourth-order valence-electron chi connectivity index (χ4n) is 2.28. The third kappa shape index (κ3) is 3.59. The van der Waals surface area contributed by atoms with E-state index in [2.05, 4.69) is 21.7 Å². The molecule has 0 aliphatic carbocycles. The Balaban J connectivity index is 2.19. The molecule has 2 heterocycles. The molecule has 21 heavy (non-hydrogen) atoms. The molecule has 6 nitrogen and oxygen atoms in total. The molecule has 1 aliphatic rings. The molecule has 0 amide bonds. The lowest BCUT2D eigenvalue weighted by Gasteiger charge is -2.33. The van der Waals surface area contributed by atoms with Gasteiger partial charge in [-0.2, -0.15) is 0 Å². The predicted octanol–water partition coefficient (Wildman–Crippen LogP) is 1.66. The molecule has 7 heteroatoms. The number of likely N-dealkylation sites (N-methyl/N-ethyl adjacent to an activating group) is 1. The van der Waals surface area contributed by atoms with Crippen molar-refractivity contribution >= 4 is 28.2 Å². The number of carbonyl (C=O) groups excluding carboxylic acids is 2. The van der Waals surface area contributed by atoms with E-state index in [9.17, 15) is 9.59 Å². The highest BCUT2D eigenvalue weighted by Crippen LogP contribution is 2.28. The second kappa shape index (κ2) is 7.00. The zero-order chi connectivity index (χ0) is 15.4. The first kappa shape index (κ1) is 15.9. The van der Waals surface area contributed by atoms with Crippen LogP contribution in [0.15, 0.2) is 0 Å². The highest BCUT2D eigenvalue weighted by molar-refractivity contribution is 7.17. The van der Waals surface area contributed by atoms with E-state index in [0.717, 1.165) is 37.9 Å². The van der Waals surface area contributed by atoms with Gasteiger partial charge in [-0.1, -0.05) is 18.3 Å². The molecule has 1 aliphatic heterocycles. The van der Waals surface area contributed by atoms with Gasteiger partial charge in [-0.05, 0) is 13.5 Å². The minimum Gasteiger partial charge on any atom is -0.461 e. The summed E-state index contributed by atoms with van der Waals surface area (Å²) in [5.41, 5.74) is 0.155. The zero-order valence-corrected chi connectivity index (χ0v) is 13.5. The number of hydrogen-bond donors (Lipinski definition) is 0. The lowest BCUT2D eigenvalue weighted by molar-refractivity contribution is 0.0517. The number of thiazole rings is 1. The van der Waals surface area contributed by atoms with Gasteiger partial charge >= 0.3 is 5.97 Å². The van der Waals surface area contributed by atoms with Crippen molar-refractivity contribution in [1.29, 1.82) is 0 Å². The normalized spacial score (nSPS) is 16.0. The first-order valence-electron chi connectivity index (χ1n) is 7.23. The molecule has 0 bridgehead atoms. The standard InChI is InChI=1S/C14H21N3O3S/c1-4-16-6-8-17(9-7-16)14-15-11(13(19)20-5-2)12(21-14)10(3)18/h4-9H2,1-3H3. The molecule has 0 unspecified atom stereocenters. The minimum atomic E-state index is -0.516. The second-order valence-electron chi connectivity index (χ2n) is 4.87. The molecule has 0 saturated carbocycles. The van der Waals surface area contributed by atoms with E-state index in [0.29, 0.717) is 4.88 Å². The number of nitrogens with zero attached hydrogens (tertiary/aromatic N) is 3. The van der Waals surface area contributed by atoms with Gasteiger partial charge in [0, 0.05) is 33.1 Å². The van der Waals surface area contributed by atoms with E-state index in [4.69, 9.17) is 4.74 Å². The van der Waals surface area contributed by atoms with Gasteiger partial charge in [-0.3, -0.25) is 4.79 Å². The fourth-order valence-corrected chi connectivity index (χ4v) is 3.28. The van der Waals surface area contributed by atoms with Crippen LogP contribution in [-0.2, 0) is 4.74 Å². The molecular weight excluding hydrogens is 290 g/mol. The van der Waals surface area contributed by atoms with E-state index < -0.39 is 5.97 Å². The predicted molar refractivity (Wildman–Crippen MR) is 82.4 cm³/mol. The highest BCUT2D eigenvalue weighted by Gasteiger charge is 2.26. The Labute approximate surface area is 128 Å². The molecule has 1 saturated heterocycles. The van der Waals surface area contributed by atoms with E-state index in [1.165, 1.54) is 18.3 Å². The first-order valence-corrected chi connectivity index (χ1v) is 8.04. The van der Waals surface area contributed by atoms with Gasteiger partial charge in [0.25, 0.3) is 0 Å². The zero-order valence-electron chi connectivity index (χ0n) is 12.7. The van der Waals surface area contributed by atoms with Gasteiger partial charge in [0.15, 0.2) is 16.6 Å². The molecule has 0 aromatic carbocycles. The Morgan fingerprint density at radius 3 is 2.43 bits per heavy atom. The summed E-state index contributed by atoms with van der Waals surface area (Å²) < 4.78 is 4.98. The number of anilines is 1. The summed E-state index contributed by atoms with van der Waals surface area (Å²) in [4.78, 5) is 32.9. The molecule has 1 aromatic rings. The maximum atomic E-state index is 11.9. The summed E-state index contributed by atoms with van der Waals surface area (Å²) in [6, 6.07) is 0. The SMILES string of the molecule is CCOC(=O)c1nc(N2CCN(CC)CC2)sc1C(C)=O. The summed E-state index contributed by atoms with van der Waals surface area (Å²) in [5.74, 6) is -0.661. The van der Waals surface area contributed by atoms with Crippen molar-refractivity contribution in [2.75, 3.05) is 44.2 Å². The number of Topliss-reactive ketones (excluding diaryl/α,β-unsaturated/α-hetero) is 1. The Morgan fingerprint density at radius 2 is 1.90 bits per heavy atom. The van der Waals surface area contributed by atoms with E-state index in [1.807, 2.05) is 0 Å². The summed E-state index contributed by atoms with van der Waals surface area (Å²) in [7, 11) is 0. The van der Waals surface area contributed by atoms with Crippen LogP contribution in [0.5, 0.6) is 0 Å². The van der Waals surface area contributed by atoms with Gasteiger partial charge in [0.2, 0.25) is 0 Å². The molecule has 1 fully saturated rings. The van der Waals surface area contributed by atoms with Crippen LogP contribution >= 0.6 is 11.3 Å². The van der Waals surface area contributed by atoms with Gasteiger partial charge in [-0.25, -0.2) is 9.78 Å². The van der Waals surface area contributed by atoms with Crippen LogP contribution in [-0.4, -0.2) is 61.0 Å². The smallest absolute Gasteiger partial charge is 0.358 e. The van der Waals surface area contributed by atoms with Crippen LogP contribution in [0.3, 0.4) is 0 Å². The third-order valence-corrected chi connectivity index (χ3v) is 4.71. The van der Waals surface area contributed by atoms with Crippen molar-refractivity contribution in [2.45, 2.75) is 20.8 Å². The van der Waals surface area contributed by atoms with E-state index >= 15 is 0 Å². The van der Waals surface area contributed by atoms with Crippen LogP contribution in [0.1, 0.15) is 40.9 Å². The molecule has 1 aromatic heterocycles. The van der Waals surface area contributed by atoms with Crippen LogP contribution in [0.4, 0.5) is 5.13 Å². The molecule has 116 valence electrons. The summed E-state index contributed by atoms with van der Waals surface area (Å²) in [6.45, 7) is 10.3. The third-order valence-electron chi connectivity index (χ3n) is 3.49. The van der Waals surface area contributed by atoms with Crippen molar-refractivity contribution < 1.29 is 14.3 Å². The number of piperazine rings is 1. The second-order valence-corrected chi connectivity index (χ2v) is 5.85. The molecule has 0 N–H and O–H groups in total. The summed E-state index contributed by atoms with van der Waals surface area (Å²) >= 11 is 1.28. The Kier molecular flexibility index (Phi) is 5.30. The summed E-state index contributed by atoms with van der Waals surface area (Å²) in [6.07, 6.45) is 0. The highest BCUT2D eigenvalue weighted by atomic mass is 32.1. The number of aromatic nitrogens is 1. The van der Waals surface area contributed by atoms with Crippen molar-refractivity contribution in [2.24, 2.45) is 0 Å². The van der Waals surface area contributed by atoms with Crippen molar-refractivity contribution in [3.05, 3.63) is 10.6 Å². The Morgan fingerprint density at radius 1 is 1.24 bits per heavy atom. The number of hydrogen-bond acceptors (Lipinski definition) is 7. The largest absolute Gasteiger partial charge is 0.461 e. The van der Waals surface area contributed by atoms with Crippen molar-refractivity contribution in [3.63, 3.8) is 0 Å². The van der Waals surface area contributed by atoms with Gasteiger partial charge in [0.05, 0.1) is 6.61 Å². The van der Waals surface area contributed by atoms with E-state index in [1.54, 1.807) is 6.92 Å². The van der Waals surface area contributed by atoms with Crippen LogP contribution in [0.25, 0.3) is 0 Å². The number of carbonyl (C=O) groups is 2. The Bertz CT molecular complexity index is 522. The van der Waals surface area contributed by atoms with Crippen LogP contribution < -0.4 is 4.90 Å². The Hall–Kier alpha value is -1.47. The quantitative estimate of drug-likeness (QED) is 0.609. The lowest BCUT2D eigenvalue weighted by atomic mass is 10.3. The van der Waals surface area contributed by atoms with Crippen molar-refractivity contribution in [1.82, 2.24) is 9.88 Å². The number of esters is 1. The average Bonchev–Trinajstić information content (AvgIpc) is 2.93. The number of ether oxygens (including phenoxy) is 1. The van der Waals surface area contributed by atoms with Crippen LogP contribution in [0, 0.1) is 0 Å². The number of ketones is 1. The maximum Gasteiger partial charge on any atom is 0.358 e. The number of rotatable bonds is 5. The molecule has 0 spiro atoms. The molecule has 2 rings (SSSR count). The lowest BCUT2D eigenvalue weighted by Crippen LogP contribution is -2.46. The van der Waals surface area contributed by atoms with Crippen LogP contribution in [0.2, 0.25) is 0 Å². The van der Waals surface area contributed by atoms with Gasteiger partial charge in [0.1, 0.15) is 4.88 Å². The molecular formula is C14H21N3O3S. The van der Waals surface area contributed by atoms with E-state index in [-0.39, 0.29) is 18.1 Å². The maximum absolute atomic E-state index is 11.9. The minimum absolute atomic E-state index is 0.144. The topological polar surface area (TPSA) is 62.7 Å². The van der Waals surface area contributed by atoms with Gasteiger partial charge < -0.3 is 14.5 Å². The molecule has 0 radical (unpaired) electrons. The van der Waals surface area contributed by atoms with Crippen molar-refractivity contribution in [3.8, 4) is 0 Å².